The Hall–Kier alpha value is -3.64. The van der Waals surface area contributed by atoms with Gasteiger partial charge in [-0.1, -0.05) is 18.2 Å². The van der Waals surface area contributed by atoms with Crippen molar-refractivity contribution in [2.75, 3.05) is 0 Å². The van der Waals surface area contributed by atoms with E-state index in [1.165, 1.54) is 19.1 Å². The lowest BCUT2D eigenvalue weighted by Crippen LogP contribution is -2.38. The second kappa shape index (κ2) is 9.78. The van der Waals surface area contributed by atoms with Crippen LogP contribution < -0.4 is 4.72 Å². The molecule has 4 aromatic rings. The normalized spacial score (nSPS) is 13.1. The molecule has 0 fully saturated rings. The highest BCUT2D eigenvalue weighted by Gasteiger charge is 2.31. The number of benzene rings is 2. The van der Waals surface area contributed by atoms with Crippen LogP contribution in [0, 0.1) is 5.82 Å². The zero-order valence-electron chi connectivity index (χ0n) is 18.7. The smallest absolute Gasteiger partial charge is 0.419 e. The van der Waals surface area contributed by atoms with Crippen LogP contribution in [0.4, 0.5) is 17.6 Å². The fourth-order valence-corrected chi connectivity index (χ4v) is 4.65. The highest BCUT2D eigenvalue weighted by Crippen LogP contribution is 2.29. The fourth-order valence-electron chi connectivity index (χ4n) is 3.45. The van der Waals surface area contributed by atoms with Crippen molar-refractivity contribution in [2.24, 2.45) is 0 Å². The van der Waals surface area contributed by atoms with Crippen molar-refractivity contribution >= 4 is 26.8 Å². The van der Waals surface area contributed by atoms with Gasteiger partial charge in [-0.25, -0.2) is 22.8 Å². The molecule has 1 N–H and O–H groups in total. The van der Waals surface area contributed by atoms with E-state index in [9.17, 15) is 30.8 Å². The molecule has 0 aliphatic heterocycles. The number of halogens is 4. The van der Waals surface area contributed by atoms with Gasteiger partial charge >= 0.3 is 6.18 Å². The lowest BCUT2D eigenvalue weighted by molar-refractivity contribution is -0.138. The highest BCUT2D eigenvalue weighted by molar-refractivity contribution is 7.89. The first-order valence-electron chi connectivity index (χ1n) is 10.6. The van der Waals surface area contributed by atoms with Gasteiger partial charge in [0.1, 0.15) is 11.4 Å². The van der Waals surface area contributed by atoms with Crippen molar-refractivity contribution in [3.05, 3.63) is 77.9 Å². The molecule has 0 saturated heterocycles. The Bertz CT molecular complexity index is 1520. The molecule has 2 aromatic carbocycles. The summed E-state index contributed by atoms with van der Waals surface area (Å²) in [5, 5.41) is -0.168. The summed E-state index contributed by atoms with van der Waals surface area (Å²) in [5.41, 5.74) is 0.398. The van der Waals surface area contributed by atoms with Crippen LogP contribution in [0.2, 0.25) is 0 Å². The maximum absolute atomic E-state index is 13.4. The van der Waals surface area contributed by atoms with Crippen molar-refractivity contribution in [1.82, 2.24) is 14.7 Å². The van der Waals surface area contributed by atoms with Gasteiger partial charge in [-0.15, -0.1) is 0 Å². The number of aryl methyl sites for hydroxylation is 1. The number of carbonyl (C=O) groups excluding carboxylic acids is 1. The fraction of sp³-hybridized carbons (Fsp3) is 0.208. The molecule has 0 bridgehead atoms. The summed E-state index contributed by atoms with van der Waals surface area (Å²) in [5.74, 6) is -0.836. The van der Waals surface area contributed by atoms with Crippen LogP contribution >= 0.6 is 0 Å². The molecule has 1 atom stereocenters. The van der Waals surface area contributed by atoms with E-state index < -0.39 is 44.5 Å². The van der Waals surface area contributed by atoms with Gasteiger partial charge < -0.3 is 4.42 Å². The van der Waals surface area contributed by atoms with Gasteiger partial charge in [-0.05, 0) is 43.2 Å². The molecule has 2 heterocycles. The van der Waals surface area contributed by atoms with E-state index >= 15 is 0 Å². The van der Waals surface area contributed by atoms with E-state index in [-0.39, 0.29) is 29.6 Å². The topological polar surface area (TPSA) is 102 Å². The summed E-state index contributed by atoms with van der Waals surface area (Å²) >= 11 is 0. The third-order valence-electron chi connectivity index (χ3n) is 5.36. The van der Waals surface area contributed by atoms with E-state index in [1.54, 1.807) is 24.3 Å². The van der Waals surface area contributed by atoms with E-state index in [2.05, 4.69) is 14.7 Å². The van der Waals surface area contributed by atoms with Gasteiger partial charge in [-0.2, -0.15) is 17.9 Å². The average Bonchev–Trinajstić information content (AvgIpc) is 3.26. The molecular weight excluding hydrogens is 502 g/mol. The van der Waals surface area contributed by atoms with Gasteiger partial charge in [-0.3, -0.25) is 4.79 Å². The summed E-state index contributed by atoms with van der Waals surface area (Å²) in [6, 6.07) is 10.4. The van der Waals surface area contributed by atoms with Crippen LogP contribution in [0.15, 0.2) is 70.4 Å². The number of nitrogens with one attached hydrogen (secondary N) is 1. The van der Waals surface area contributed by atoms with Crippen molar-refractivity contribution in [1.29, 1.82) is 0 Å². The Balaban J connectivity index is 1.39. The molecule has 7 nitrogen and oxygen atoms in total. The predicted molar refractivity (Wildman–Crippen MR) is 122 cm³/mol. The molecule has 0 aliphatic rings. The number of rotatable bonds is 8. The van der Waals surface area contributed by atoms with Crippen LogP contribution in [-0.2, 0) is 27.4 Å². The third kappa shape index (κ3) is 5.77. The van der Waals surface area contributed by atoms with Crippen molar-refractivity contribution in [3.8, 4) is 11.4 Å². The van der Waals surface area contributed by atoms with Crippen molar-refractivity contribution in [3.63, 3.8) is 0 Å². The molecule has 0 amide bonds. The lowest BCUT2D eigenvalue weighted by Gasteiger charge is -2.12. The van der Waals surface area contributed by atoms with E-state index in [0.29, 0.717) is 23.5 Å². The standard InChI is InChI=1S/C24H19F4N3O4S/c1-14(31-36(33,34)22-11-17-10-19(25)6-8-21(17)35-22)20(32)7-5-15-3-2-4-16(9-15)23-29-12-18(13-30-23)24(26,27)28/h2-4,6,8-14,31H,5,7H2,1H3/t14-/m0/s1. The Morgan fingerprint density at radius 2 is 1.81 bits per heavy atom. The number of carbonyl (C=O) groups is 1. The molecule has 188 valence electrons. The molecule has 0 unspecified atom stereocenters. The number of aromatic nitrogens is 2. The molecule has 0 aliphatic carbocycles. The second-order valence-electron chi connectivity index (χ2n) is 8.05. The van der Waals surface area contributed by atoms with Crippen LogP contribution in [0.3, 0.4) is 0 Å². The number of nitrogens with zero attached hydrogens (tertiary/aromatic N) is 2. The summed E-state index contributed by atoms with van der Waals surface area (Å²) in [4.78, 5) is 20.1. The van der Waals surface area contributed by atoms with Crippen LogP contribution in [-0.4, -0.2) is 30.2 Å². The first-order chi connectivity index (χ1) is 16.9. The summed E-state index contributed by atoms with van der Waals surface area (Å²) in [7, 11) is -4.18. The number of furan rings is 1. The minimum absolute atomic E-state index is 0.00759. The molecule has 0 spiro atoms. The van der Waals surface area contributed by atoms with Crippen LogP contribution in [0.1, 0.15) is 24.5 Å². The lowest BCUT2D eigenvalue weighted by atomic mass is 10.0. The molecule has 36 heavy (non-hydrogen) atoms. The van der Waals surface area contributed by atoms with Crippen molar-refractivity contribution < 1.29 is 35.2 Å². The number of sulfonamides is 1. The number of hydrogen-bond donors (Lipinski definition) is 1. The largest absolute Gasteiger partial charge is 0.443 e. The van der Waals surface area contributed by atoms with Gasteiger partial charge in [0.15, 0.2) is 11.6 Å². The van der Waals surface area contributed by atoms with E-state index in [4.69, 9.17) is 4.42 Å². The van der Waals surface area contributed by atoms with E-state index in [1.807, 2.05) is 0 Å². The van der Waals surface area contributed by atoms with Gasteiger partial charge in [0.2, 0.25) is 5.09 Å². The SMILES string of the molecule is C[C@H](NS(=O)(=O)c1cc2cc(F)ccc2o1)C(=O)CCc1cccc(-c2ncc(C(F)(F)F)cn2)c1. The minimum atomic E-state index is -4.54. The molecule has 4 rings (SSSR count). The maximum atomic E-state index is 13.4. The first kappa shape index (κ1) is 25.5. The predicted octanol–water partition coefficient (Wildman–Crippen LogP) is 4.92. The summed E-state index contributed by atoms with van der Waals surface area (Å²) in [6.45, 7) is 1.40. The number of alkyl halides is 3. The van der Waals surface area contributed by atoms with Crippen molar-refractivity contribution in [2.45, 2.75) is 37.1 Å². The second-order valence-corrected chi connectivity index (χ2v) is 9.70. The quantitative estimate of drug-likeness (QED) is 0.331. The molecule has 2 aromatic heterocycles. The number of ketones is 1. The average molecular weight is 521 g/mol. The molecule has 0 saturated carbocycles. The van der Waals surface area contributed by atoms with E-state index in [0.717, 1.165) is 12.1 Å². The van der Waals surface area contributed by atoms with Gasteiger partial charge in [0.25, 0.3) is 10.0 Å². The highest BCUT2D eigenvalue weighted by atomic mass is 32.2. The van der Waals surface area contributed by atoms with Gasteiger partial charge in [0, 0.05) is 35.8 Å². The number of hydrogen-bond acceptors (Lipinski definition) is 6. The van der Waals surface area contributed by atoms with Crippen LogP contribution in [0.5, 0.6) is 0 Å². The Morgan fingerprint density at radius 1 is 1.08 bits per heavy atom. The number of Topliss-reactive ketones (excluding diaryl/α,β-unsaturated/α-hetero) is 1. The minimum Gasteiger partial charge on any atom is -0.443 e. The molecule has 0 radical (unpaired) electrons. The zero-order chi connectivity index (χ0) is 26.1. The summed E-state index contributed by atoms with van der Waals surface area (Å²) in [6.07, 6.45) is -2.90. The third-order valence-corrected chi connectivity index (χ3v) is 6.75. The molecular formula is C24H19F4N3O4S. The molecule has 12 heteroatoms. The first-order valence-corrected chi connectivity index (χ1v) is 12.1. The Labute approximate surface area is 203 Å². The van der Waals surface area contributed by atoms with Gasteiger partial charge in [0.05, 0.1) is 11.6 Å². The zero-order valence-corrected chi connectivity index (χ0v) is 19.5. The monoisotopic (exact) mass is 521 g/mol. The number of fused-ring (bicyclic) bond motifs is 1. The summed E-state index contributed by atoms with van der Waals surface area (Å²) < 4.78 is 84.3. The maximum Gasteiger partial charge on any atom is 0.419 e. The van der Waals surface area contributed by atoms with Crippen LogP contribution in [0.25, 0.3) is 22.4 Å². The Kier molecular flexibility index (Phi) is 6.92. The Morgan fingerprint density at radius 3 is 2.50 bits per heavy atom.